The van der Waals surface area contributed by atoms with E-state index in [1.165, 1.54) is 0 Å². The van der Waals surface area contributed by atoms with E-state index in [0.717, 1.165) is 43.2 Å². The van der Waals surface area contributed by atoms with Crippen LogP contribution in [0.5, 0.6) is 0 Å². The summed E-state index contributed by atoms with van der Waals surface area (Å²) in [4.78, 5) is 4.67. The average molecular weight is 343 g/mol. The van der Waals surface area contributed by atoms with Crippen molar-refractivity contribution in [1.29, 1.82) is 0 Å². The number of fused-ring (bicyclic) bond motifs is 1. The van der Waals surface area contributed by atoms with Gasteiger partial charge in [0.25, 0.3) is 0 Å². The van der Waals surface area contributed by atoms with Gasteiger partial charge in [0.05, 0.1) is 11.5 Å². The summed E-state index contributed by atoms with van der Waals surface area (Å²) in [6.45, 7) is 5.71. The lowest BCUT2D eigenvalue weighted by molar-refractivity contribution is 0.0406. The fraction of sp³-hybridized carbons (Fsp3) is 0.625. The first-order valence-electron chi connectivity index (χ1n) is 7.92. The Hall–Kier alpha value is -0.620. The molecule has 2 fully saturated rings. The molecule has 122 valence electrons. The zero-order valence-corrected chi connectivity index (χ0v) is 14.5. The molecule has 1 aromatic carbocycles. The summed E-state index contributed by atoms with van der Waals surface area (Å²) in [5.41, 5.74) is 1.08. The molecule has 0 amide bonds. The maximum Gasteiger partial charge on any atom is 0.153 e. The molecule has 0 N–H and O–H groups in total. The smallest absolute Gasteiger partial charge is 0.153 e. The lowest BCUT2D eigenvalue weighted by atomic mass is 10.0. The Labute approximate surface area is 138 Å². The van der Waals surface area contributed by atoms with Crippen LogP contribution in [0.25, 0.3) is 0 Å². The third kappa shape index (κ3) is 3.32. The molecule has 0 unspecified atom stereocenters. The highest BCUT2D eigenvalue weighted by atomic mass is 35.5. The van der Waals surface area contributed by atoms with Gasteiger partial charge in [0.2, 0.25) is 0 Å². The SMILES string of the molecule is CCCN1CCN(Cc2ccccc2Cl)[C@H]2CS(=O)(=O)C[C@H]21. The van der Waals surface area contributed by atoms with Crippen LogP contribution in [0.2, 0.25) is 5.02 Å². The van der Waals surface area contributed by atoms with Crippen LogP contribution in [0.15, 0.2) is 24.3 Å². The monoisotopic (exact) mass is 342 g/mol. The van der Waals surface area contributed by atoms with Crippen molar-refractivity contribution in [2.24, 2.45) is 0 Å². The molecule has 4 nitrogen and oxygen atoms in total. The van der Waals surface area contributed by atoms with Crippen molar-refractivity contribution in [3.63, 3.8) is 0 Å². The first kappa shape index (κ1) is 16.2. The summed E-state index contributed by atoms with van der Waals surface area (Å²) < 4.78 is 24.3. The van der Waals surface area contributed by atoms with Gasteiger partial charge in [-0.1, -0.05) is 36.7 Å². The van der Waals surface area contributed by atoms with E-state index in [2.05, 4.69) is 16.7 Å². The molecule has 2 aliphatic rings. The molecule has 3 rings (SSSR count). The van der Waals surface area contributed by atoms with Gasteiger partial charge in [0.15, 0.2) is 9.84 Å². The minimum atomic E-state index is -2.93. The van der Waals surface area contributed by atoms with E-state index in [1.54, 1.807) is 0 Å². The van der Waals surface area contributed by atoms with E-state index >= 15 is 0 Å². The van der Waals surface area contributed by atoms with Gasteiger partial charge in [0.1, 0.15) is 0 Å². The van der Waals surface area contributed by atoms with Crippen molar-refractivity contribution in [1.82, 2.24) is 9.80 Å². The molecule has 2 aliphatic heterocycles. The average Bonchev–Trinajstić information content (AvgIpc) is 2.80. The number of benzene rings is 1. The second-order valence-electron chi connectivity index (χ2n) is 6.31. The van der Waals surface area contributed by atoms with E-state index in [-0.39, 0.29) is 17.8 Å². The molecule has 2 atom stereocenters. The van der Waals surface area contributed by atoms with E-state index in [0.29, 0.717) is 5.75 Å². The zero-order valence-electron chi connectivity index (χ0n) is 12.9. The van der Waals surface area contributed by atoms with Gasteiger partial charge in [-0.2, -0.15) is 0 Å². The molecule has 1 aromatic rings. The molecule has 0 bridgehead atoms. The van der Waals surface area contributed by atoms with Gasteiger partial charge in [-0.15, -0.1) is 0 Å². The second-order valence-corrected chi connectivity index (χ2v) is 8.87. The van der Waals surface area contributed by atoms with Crippen molar-refractivity contribution in [2.45, 2.75) is 32.0 Å². The van der Waals surface area contributed by atoms with Crippen LogP contribution in [-0.4, -0.2) is 61.4 Å². The number of piperazine rings is 1. The zero-order chi connectivity index (χ0) is 15.7. The van der Waals surface area contributed by atoms with Crippen molar-refractivity contribution >= 4 is 21.4 Å². The number of sulfone groups is 1. The predicted molar refractivity (Wildman–Crippen MR) is 90.0 cm³/mol. The Morgan fingerprint density at radius 1 is 1.14 bits per heavy atom. The molecule has 2 saturated heterocycles. The number of halogens is 1. The maximum absolute atomic E-state index is 12.1. The number of rotatable bonds is 4. The summed E-state index contributed by atoms with van der Waals surface area (Å²) in [7, 11) is -2.93. The summed E-state index contributed by atoms with van der Waals surface area (Å²) in [5.74, 6) is 0.582. The van der Waals surface area contributed by atoms with Crippen LogP contribution >= 0.6 is 11.6 Å². The third-order valence-electron chi connectivity index (χ3n) is 4.75. The van der Waals surface area contributed by atoms with Gasteiger partial charge >= 0.3 is 0 Å². The Balaban J connectivity index is 1.80. The van der Waals surface area contributed by atoms with Crippen molar-refractivity contribution < 1.29 is 8.42 Å². The lowest BCUT2D eigenvalue weighted by Gasteiger charge is -2.44. The quantitative estimate of drug-likeness (QED) is 0.839. The highest BCUT2D eigenvalue weighted by molar-refractivity contribution is 7.91. The van der Waals surface area contributed by atoms with Crippen LogP contribution in [0.1, 0.15) is 18.9 Å². The third-order valence-corrected chi connectivity index (χ3v) is 6.82. The van der Waals surface area contributed by atoms with Crippen LogP contribution in [0, 0.1) is 0 Å². The van der Waals surface area contributed by atoms with Crippen LogP contribution in [0.4, 0.5) is 0 Å². The van der Waals surface area contributed by atoms with Crippen LogP contribution < -0.4 is 0 Å². The summed E-state index contributed by atoms with van der Waals surface area (Å²) >= 11 is 6.27. The normalized spacial score (nSPS) is 28.6. The van der Waals surface area contributed by atoms with Gasteiger partial charge in [-0.25, -0.2) is 8.42 Å². The fourth-order valence-electron chi connectivity index (χ4n) is 3.70. The van der Waals surface area contributed by atoms with Gasteiger partial charge in [0, 0.05) is 36.7 Å². The first-order chi connectivity index (χ1) is 10.5. The first-order valence-corrected chi connectivity index (χ1v) is 10.1. The molecule has 6 heteroatoms. The maximum atomic E-state index is 12.1. The molecule has 0 radical (unpaired) electrons. The highest BCUT2D eigenvalue weighted by Crippen LogP contribution is 2.29. The van der Waals surface area contributed by atoms with Crippen LogP contribution in [0.3, 0.4) is 0 Å². The Bertz CT molecular complexity index is 635. The van der Waals surface area contributed by atoms with E-state index < -0.39 is 9.84 Å². The van der Waals surface area contributed by atoms with Crippen molar-refractivity contribution in [3.05, 3.63) is 34.9 Å². The Morgan fingerprint density at radius 2 is 1.77 bits per heavy atom. The summed E-state index contributed by atoms with van der Waals surface area (Å²) in [6.07, 6.45) is 1.06. The van der Waals surface area contributed by atoms with E-state index in [4.69, 9.17) is 11.6 Å². The fourth-order valence-corrected chi connectivity index (χ4v) is 5.94. The van der Waals surface area contributed by atoms with Crippen molar-refractivity contribution in [2.75, 3.05) is 31.1 Å². The van der Waals surface area contributed by atoms with Crippen LogP contribution in [-0.2, 0) is 16.4 Å². The number of hydrogen-bond acceptors (Lipinski definition) is 4. The van der Waals surface area contributed by atoms with E-state index in [9.17, 15) is 8.42 Å². The molecule has 0 aromatic heterocycles. The largest absolute Gasteiger partial charge is 0.297 e. The Morgan fingerprint density at radius 3 is 2.45 bits per heavy atom. The molecule has 0 aliphatic carbocycles. The standard InChI is InChI=1S/C16H23ClN2O2S/c1-2-7-18-8-9-19(10-13-5-3-4-6-14(13)17)16-12-22(20,21)11-15(16)18/h3-6,15-16H,2,7-12H2,1H3/t15-,16+/m1/s1. The second kappa shape index (κ2) is 6.48. The number of nitrogens with zero attached hydrogens (tertiary/aromatic N) is 2. The Kier molecular flexibility index (Phi) is 4.78. The summed E-state index contributed by atoms with van der Waals surface area (Å²) in [5, 5.41) is 0.760. The van der Waals surface area contributed by atoms with Crippen molar-refractivity contribution in [3.8, 4) is 0 Å². The van der Waals surface area contributed by atoms with E-state index in [1.807, 2.05) is 24.3 Å². The number of hydrogen-bond donors (Lipinski definition) is 0. The van der Waals surface area contributed by atoms with Gasteiger partial charge in [-0.05, 0) is 24.6 Å². The highest BCUT2D eigenvalue weighted by Gasteiger charge is 2.46. The molecule has 2 heterocycles. The molecule has 0 saturated carbocycles. The molecular weight excluding hydrogens is 320 g/mol. The topological polar surface area (TPSA) is 40.6 Å². The molecule has 22 heavy (non-hydrogen) atoms. The predicted octanol–water partition coefficient (Wildman–Crippen LogP) is 2.03. The van der Waals surface area contributed by atoms with Gasteiger partial charge < -0.3 is 0 Å². The molecule has 0 spiro atoms. The summed E-state index contributed by atoms with van der Waals surface area (Å²) in [6, 6.07) is 8.07. The minimum absolute atomic E-state index is 0.0987. The minimum Gasteiger partial charge on any atom is -0.297 e. The lowest BCUT2D eigenvalue weighted by Crippen LogP contribution is -2.58. The van der Waals surface area contributed by atoms with Gasteiger partial charge in [-0.3, -0.25) is 9.80 Å². The molecular formula is C16H23ClN2O2S.